The number of ether oxygens (including phenoxy) is 5. The van der Waals surface area contributed by atoms with Crippen LogP contribution in [0.15, 0.2) is 165 Å². The fourth-order valence-corrected chi connectivity index (χ4v) is 36.7. The molecule has 145 heavy (non-hydrogen) atoms. The summed E-state index contributed by atoms with van der Waals surface area (Å²) < 4.78 is 42.8. The van der Waals surface area contributed by atoms with E-state index in [4.69, 9.17) is 105 Å². The van der Waals surface area contributed by atoms with E-state index in [2.05, 4.69) is 67.9 Å². The van der Waals surface area contributed by atoms with Crippen LogP contribution in [0.4, 0.5) is 0 Å². The molecule has 27 nitrogen and oxygen atoms in total. The summed E-state index contributed by atoms with van der Waals surface area (Å²) in [5, 5.41) is 28.3. The van der Waals surface area contributed by atoms with E-state index >= 15 is 0 Å². The van der Waals surface area contributed by atoms with Crippen molar-refractivity contribution in [2.45, 2.75) is 212 Å². The number of carboxylic acid groups (broad SMARTS) is 1. The van der Waals surface area contributed by atoms with Gasteiger partial charge in [-0.05, 0) is 221 Å². The Morgan fingerprint density at radius 2 is 0.703 bits per heavy atom. The number of rotatable bonds is 27. The van der Waals surface area contributed by atoms with Gasteiger partial charge in [0.15, 0.2) is 30.0 Å². The number of halogens is 4. The van der Waals surface area contributed by atoms with E-state index < -0.39 is 71.4 Å². The van der Waals surface area contributed by atoms with Crippen LogP contribution in [0.2, 0.25) is 33.5 Å². The number of aryl methyl sites for hydroxylation is 9. The Bertz CT molecular complexity index is 7820. The molecule has 0 aliphatic carbocycles. The van der Waals surface area contributed by atoms with Crippen LogP contribution in [0, 0.1) is 41.5 Å². The van der Waals surface area contributed by atoms with Crippen LogP contribution in [0.3, 0.4) is 0 Å². The quantitative estimate of drug-likeness (QED) is 0.0284. The zero-order chi connectivity index (χ0) is 104. The van der Waals surface area contributed by atoms with E-state index in [1.54, 1.807) is 58.5 Å². The zero-order valence-electron chi connectivity index (χ0n) is 85.7. The van der Waals surface area contributed by atoms with E-state index in [9.17, 15) is 19.5 Å². The van der Waals surface area contributed by atoms with Gasteiger partial charge in [0.05, 0.1) is 85.5 Å². The van der Waals surface area contributed by atoms with Gasteiger partial charge in [0, 0.05) is 97.8 Å². The number of carbonyl (C=O) groups is 3. The minimum Gasteiger partial charge on any atom is -0.479 e. The molecule has 12 aromatic heterocycles. The number of fused-ring (bicyclic) bond motifs is 6. The van der Waals surface area contributed by atoms with Crippen LogP contribution in [0.1, 0.15) is 190 Å². The number of esters is 2. The number of aliphatic carboxylic acids is 1. The largest absolute Gasteiger partial charge is 0.479 e. The maximum atomic E-state index is 13.2. The molecule has 0 aliphatic rings. The number of unbranched alkanes of at least 4 members (excludes halogenated alkanes) is 3. The monoisotopic (exact) mass is 2190 g/mol. The molecule has 0 spiro atoms. The van der Waals surface area contributed by atoms with E-state index in [0.29, 0.717) is 48.8 Å². The third-order valence-electron chi connectivity index (χ3n) is 24.7. The zero-order valence-corrected chi connectivity index (χ0v) is 94.0. The van der Waals surface area contributed by atoms with E-state index in [-0.39, 0.29) is 0 Å². The van der Waals surface area contributed by atoms with Crippen molar-refractivity contribution in [1.29, 1.82) is 0 Å². The second-order valence-electron chi connectivity index (χ2n) is 39.0. The van der Waals surface area contributed by atoms with Gasteiger partial charge in [-0.15, -0.1) is 34.0 Å². The first-order valence-corrected chi connectivity index (χ1v) is 59.5. The Balaban J connectivity index is 0.000000149. The third-order valence-corrected chi connectivity index (χ3v) is 43.7. The van der Waals surface area contributed by atoms with Gasteiger partial charge in [-0.1, -0.05) is 82.8 Å². The Morgan fingerprint density at radius 1 is 0.393 bits per heavy atom. The normalized spacial score (nSPS) is 12.6. The second kappa shape index (κ2) is 45.4. The van der Waals surface area contributed by atoms with Crippen molar-refractivity contribution in [1.82, 2.24) is 89.1 Å². The Morgan fingerprint density at radius 3 is 1.02 bits per heavy atom. The molecule has 3 atom stereocenters. The van der Waals surface area contributed by atoms with Gasteiger partial charge in [-0.3, -0.25) is 19.3 Å². The first-order valence-electron chi connectivity index (χ1n) is 48.0. The predicted molar refractivity (Wildman–Crippen MR) is 587 cm³/mol. The molecule has 752 valence electrons. The van der Waals surface area contributed by atoms with E-state index in [1.807, 2.05) is 238 Å². The molecule has 18 aromatic rings. The van der Waals surface area contributed by atoms with Crippen molar-refractivity contribution in [3.63, 3.8) is 0 Å². The van der Waals surface area contributed by atoms with E-state index in [1.165, 1.54) is 104 Å². The van der Waals surface area contributed by atoms with Gasteiger partial charge in [-0.25, -0.2) is 54.3 Å². The molecule has 0 saturated carbocycles. The average Bonchev–Trinajstić information content (AvgIpc) is 1.64. The predicted octanol–water partition coefficient (Wildman–Crippen LogP) is 27.6. The van der Waals surface area contributed by atoms with Gasteiger partial charge in [0.25, 0.3) is 0 Å². The summed E-state index contributed by atoms with van der Waals surface area (Å²) in [5.74, 6) is -0.982. The number of nitrogens with zero attached hydrogens (tertiary/aromatic N) is 18. The summed E-state index contributed by atoms with van der Waals surface area (Å²) in [6, 6.07) is 39.7. The number of pyridine rings is 3. The molecule has 12 heterocycles. The molecule has 18 rings (SSSR count). The molecule has 0 saturated heterocycles. The van der Waals surface area contributed by atoms with Gasteiger partial charge in [0.2, 0.25) is 0 Å². The molecular formula is C110H118Cl4N18O9S3Sn. The van der Waals surface area contributed by atoms with Crippen LogP contribution in [-0.4, -0.2) is 162 Å². The van der Waals surface area contributed by atoms with Crippen LogP contribution >= 0.6 is 80.4 Å². The molecule has 1 N–H and O–H groups in total. The molecule has 6 aromatic carbocycles. The second-order valence-corrected chi connectivity index (χ2v) is 56.6. The molecule has 0 unspecified atom stereocenters. The van der Waals surface area contributed by atoms with Crippen LogP contribution in [-0.2, 0) is 59.2 Å². The van der Waals surface area contributed by atoms with Gasteiger partial charge in [-0.2, -0.15) is 10.2 Å². The molecule has 0 amide bonds. The topological polar surface area (TPSA) is 326 Å². The summed E-state index contributed by atoms with van der Waals surface area (Å²) in [4.78, 5) is 95.6. The standard InChI is InChI=1S/C33H31ClN6O3S.C32H29ClN6O3S.C26H24Cl2N2O3S.C7H7N4.3C4H9.Sn/c1-17-14-22-29(26(19-8-10-21(34)11-9-19)25(17)28(32(41)42-7)43-33(3,4)5)44-31(37-22)20-12-13-35-23(15-20)30-36-16-24-27(38-30)18(2)39-40(24)6;1-16-13-21-28(25(18-7-9-20(33)10-8-18)24(16)27(31(40)41)42-32(3,4)5)43-30(36-21)19-11-12-34-22(14-19)29-35-15-23-26(37-29)17(2)38-39(23)6;1-14-12-18-23(34-24(30-18)16-10-11-29-19(28)13-16)21(15-6-8-17(27)9-7-15)20(14)22(25(31)32-5)33-26(2,3)4;1-5-7-6(11(2)10-5)3-8-4-9-7;3*1-3-4-2;/h8-16,28H,1-7H3;7-15,27H,1-6H3,(H,40,41);6-13,22H,1-5H3;3H,1-2H3;3*1,3-4H2,2H3;/t28-;27-;22-;;;;;/m000...../s1. The van der Waals surface area contributed by atoms with Gasteiger partial charge < -0.3 is 28.8 Å². The SMILES string of the molecule is CCC[CH2][Sn]([CH2]CCC)([CH2]CCC)[c]1ncc2c(n1)c(C)nn2C.COC(=O)[C@@H](OC(C)(C)C)c1c(C)cc2nc(-c3ccnc(-c4ncc5c(n4)c(C)nn5C)c3)sc2c1-c1ccc(Cl)cc1.COC(=O)[C@@H](OC(C)(C)C)c1c(C)cc2nc(-c3ccnc(Cl)c3)sc2c1-c1ccc(Cl)cc1.Cc1cc2nc(-c3ccnc(-c4ncc5c(n4)c(C)nn5C)c3)sc2c(-c2ccc(Cl)cc2)c1[C@H](OC(C)(C)C)C(=O)O. The van der Waals surface area contributed by atoms with Crippen molar-refractivity contribution in [3.05, 3.63) is 235 Å². The Kier molecular flexibility index (Phi) is 33.7. The number of thiazole rings is 3. The summed E-state index contributed by atoms with van der Waals surface area (Å²) in [6.45, 7) is 35.7. The van der Waals surface area contributed by atoms with Gasteiger partial charge in [0.1, 0.15) is 53.6 Å². The molecule has 0 bridgehead atoms. The van der Waals surface area contributed by atoms with Crippen molar-refractivity contribution in [3.8, 4) is 88.1 Å². The maximum Gasteiger partial charge on any atom is 0.339 e. The number of hydrogen-bond donors (Lipinski definition) is 1. The first-order chi connectivity index (χ1) is 69.0. The fourth-order valence-electron chi connectivity index (χ4n) is 18.0. The smallest absolute Gasteiger partial charge is 0.339 e. The molecular weight excluding hydrogens is 2070 g/mol. The Hall–Kier alpha value is -11.7. The number of carbonyl (C=O) groups excluding carboxylic acids is 2. The van der Waals surface area contributed by atoms with Gasteiger partial charge >= 0.3 is 169 Å². The molecule has 0 radical (unpaired) electrons. The number of methoxy groups -OCH3 is 2. The number of aromatic nitrogens is 18. The fraction of sp³-hybridized carbons (Fsp3) is 0.345. The maximum absolute atomic E-state index is 13.2. The van der Waals surface area contributed by atoms with Crippen LogP contribution in [0.25, 0.3) is 152 Å². The summed E-state index contributed by atoms with van der Waals surface area (Å²) in [6.07, 6.45) is 15.5. The summed E-state index contributed by atoms with van der Waals surface area (Å²) in [7, 11) is 8.47. The molecule has 0 fully saturated rings. The minimum absolute atomic E-state index is 0.399. The van der Waals surface area contributed by atoms with Crippen molar-refractivity contribution >= 4 is 184 Å². The summed E-state index contributed by atoms with van der Waals surface area (Å²) in [5.41, 5.74) is 22.2. The van der Waals surface area contributed by atoms with E-state index in [0.717, 1.165) is 174 Å². The van der Waals surface area contributed by atoms with Crippen molar-refractivity contribution in [2.75, 3.05) is 14.2 Å². The number of benzene rings is 6. The third kappa shape index (κ3) is 24.4. The average molecular weight is 2190 g/mol. The molecule has 0 aliphatic heterocycles. The number of hydrogen-bond acceptors (Lipinski definition) is 26. The van der Waals surface area contributed by atoms with Crippen molar-refractivity contribution in [2.24, 2.45) is 21.1 Å². The van der Waals surface area contributed by atoms with Crippen LogP contribution in [0.5, 0.6) is 0 Å². The Labute approximate surface area is 879 Å². The van der Waals surface area contributed by atoms with Crippen molar-refractivity contribution < 1.29 is 43.2 Å². The van der Waals surface area contributed by atoms with Crippen LogP contribution < -0.4 is 3.84 Å². The minimum atomic E-state index is -2.53. The first kappa shape index (κ1) is 108. The molecule has 35 heteroatoms. The number of carboxylic acids is 1. The summed E-state index contributed by atoms with van der Waals surface area (Å²) >= 11 is 26.8.